The fourth-order valence-electron chi connectivity index (χ4n) is 7.54. The number of esters is 1. The topological polar surface area (TPSA) is 83.5 Å². The number of carbonyl (C=O) groups excluding carboxylic acids is 1. The highest BCUT2D eigenvalue weighted by Crippen LogP contribution is 2.57. The van der Waals surface area contributed by atoms with Crippen LogP contribution in [-0.2, 0) is 30.5 Å². The smallest absolute Gasteiger partial charge is 0.400 e. The molecule has 0 aliphatic heterocycles. The van der Waals surface area contributed by atoms with E-state index in [1.54, 1.807) is 0 Å². The Labute approximate surface area is 270 Å². The van der Waals surface area contributed by atoms with E-state index in [0.29, 0.717) is 11.8 Å². The van der Waals surface area contributed by atoms with Crippen LogP contribution in [0.4, 0.5) is 17.6 Å². The van der Waals surface area contributed by atoms with Crippen molar-refractivity contribution in [2.45, 2.75) is 83.8 Å². The minimum absolute atomic E-state index is 0.00611. The molecule has 7 rings (SSSR count). The average molecular weight is 679 g/mol. The van der Waals surface area contributed by atoms with Crippen LogP contribution in [0.5, 0.6) is 0 Å². The zero-order valence-electron chi connectivity index (χ0n) is 25.4. The number of carbonyl (C=O) groups is 1. The van der Waals surface area contributed by atoms with E-state index in [1.165, 1.54) is 21.6 Å². The molecular formula is C35H38F4O5S2. The first-order valence-corrected chi connectivity index (χ1v) is 18.3. The second-order valence-electron chi connectivity index (χ2n) is 12.5. The van der Waals surface area contributed by atoms with Crippen molar-refractivity contribution in [2.75, 3.05) is 0 Å². The van der Waals surface area contributed by atoms with Crippen molar-refractivity contribution in [2.24, 2.45) is 29.6 Å². The van der Waals surface area contributed by atoms with Gasteiger partial charge in [0.1, 0.15) is 0 Å². The normalized spacial score (nSPS) is 24.6. The lowest BCUT2D eigenvalue weighted by Crippen LogP contribution is -2.56. The summed E-state index contributed by atoms with van der Waals surface area (Å²) in [7, 11) is -6.64. The lowest BCUT2D eigenvalue weighted by Gasteiger charge is -2.53. The molecule has 11 heteroatoms. The van der Waals surface area contributed by atoms with Crippen molar-refractivity contribution in [3.63, 3.8) is 0 Å². The molecule has 248 valence electrons. The van der Waals surface area contributed by atoms with Gasteiger partial charge in [0, 0.05) is 0 Å². The quantitative estimate of drug-likeness (QED) is 0.0932. The molecule has 3 aromatic carbocycles. The van der Waals surface area contributed by atoms with Gasteiger partial charge < -0.3 is 9.29 Å². The van der Waals surface area contributed by atoms with Gasteiger partial charge in [0.15, 0.2) is 30.9 Å². The Kier molecular flexibility index (Phi) is 10.5. The maximum atomic E-state index is 14.2. The Morgan fingerprint density at radius 2 is 1.17 bits per heavy atom. The van der Waals surface area contributed by atoms with Gasteiger partial charge in [0.2, 0.25) is 0 Å². The largest absolute Gasteiger partial charge is 0.743 e. The first-order chi connectivity index (χ1) is 21.8. The molecule has 4 fully saturated rings. The van der Waals surface area contributed by atoms with Crippen LogP contribution in [-0.4, -0.2) is 36.2 Å². The number of hydrogen-bond donors (Lipinski definition) is 0. The Balaban J connectivity index is 0.000000192. The number of rotatable bonds is 10. The van der Waals surface area contributed by atoms with E-state index in [-0.39, 0.29) is 29.2 Å². The van der Waals surface area contributed by atoms with Gasteiger partial charge in [-0.15, -0.1) is 0 Å². The van der Waals surface area contributed by atoms with Gasteiger partial charge in [-0.05, 0) is 98.6 Å². The van der Waals surface area contributed by atoms with Gasteiger partial charge >= 0.3 is 17.1 Å². The summed E-state index contributed by atoms with van der Waals surface area (Å²) in [6.07, 6.45) is 0.921. The van der Waals surface area contributed by atoms with E-state index in [0.717, 1.165) is 32.1 Å². The van der Waals surface area contributed by atoms with E-state index in [1.807, 2.05) is 0 Å². The molecule has 4 bridgehead atoms. The summed E-state index contributed by atoms with van der Waals surface area (Å²) in [5, 5.41) is -5.86. The molecule has 4 aliphatic rings. The van der Waals surface area contributed by atoms with Crippen LogP contribution in [0, 0.1) is 29.6 Å². The number of alkyl halides is 4. The molecule has 0 heterocycles. The van der Waals surface area contributed by atoms with E-state index in [2.05, 4.69) is 91.0 Å². The summed E-state index contributed by atoms with van der Waals surface area (Å²) in [5.74, 6) is -5.88. The Morgan fingerprint density at radius 1 is 0.783 bits per heavy atom. The average Bonchev–Trinajstić information content (AvgIpc) is 3.02. The Hall–Kier alpha value is -2.89. The second kappa shape index (κ2) is 14.1. The summed E-state index contributed by atoms with van der Waals surface area (Å²) in [5.41, 5.74) is 0. The van der Waals surface area contributed by atoms with Crippen molar-refractivity contribution in [3.8, 4) is 0 Å². The molecule has 1 atom stereocenters. The third kappa shape index (κ3) is 7.16. The second-order valence-corrected chi connectivity index (χ2v) is 16.0. The molecule has 0 radical (unpaired) electrons. The summed E-state index contributed by atoms with van der Waals surface area (Å²) in [4.78, 5) is 16.7. The van der Waals surface area contributed by atoms with Crippen LogP contribution >= 0.6 is 0 Å². The highest BCUT2D eigenvalue weighted by Gasteiger charge is 2.67. The molecule has 0 amide bonds. The number of benzene rings is 3. The Bertz CT molecular complexity index is 1430. The van der Waals surface area contributed by atoms with E-state index < -0.39 is 45.7 Å². The van der Waals surface area contributed by atoms with Gasteiger partial charge in [-0.2, -0.15) is 17.6 Å². The van der Waals surface area contributed by atoms with Crippen LogP contribution in [0.15, 0.2) is 106 Å². The molecule has 0 spiro atoms. The lowest BCUT2D eigenvalue weighted by molar-refractivity contribution is -0.234. The third-order valence-electron chi connectivity index (χ3n) is 9.35. The standard InChI is InChI=1S/C18H15S.C17H24F4O5S/c1-4-10-16(11-5-1)19(17-12-6-2-7-13-17)18-14-8-3-9-15-18;1-2-3-13(16(18,19)17(20,21)27(23,24)25)26-15(22)14-11-5-9-4-10(7-11)8-12(14)6-9/h1-15H;9-14H,2-8H2,1H3,(H,23,24,25)/q+1;/p-1. The van der Waals surface area contributed by atoms with Crippen molar-refractivity contribution in [1.29, 1.82) is 0 Å². The third-order valence-corrected chi connectivity index (χ3v) is 12.5. The summed E-state index contributed by atoms with van der Waals surface area (Å²) in [6, 6.07) is 32.2. The SMILES string of the molecule is CCCC(OC(=O)C1C2CC3CC(C2)CC1C3)C(F)(F)C(F)(F)S(=O)(=O)[O-].c1ccc([S+](c2ccccc2)c2ccccc2)cc1. The highest BCUT2D eigenvalue weighted by molar-refractivity contribution is 7.97. The molecule has 0 N–H and O–H groups in total. The maximum Gasteiger partial charge on any atom is 0.400 e. The van der Waals surface area contributed by atoms with Gasteiger partial charge in [0.05, 0.1) is 16.8 Å². The molecule has 1 unspecified atom stereocenters. The van der Waals surface area contributed by atoms with Crippen LogP contribution < -0.4 is 0 Å². The molecule has 0 saturated heterocycles. The molecule has 46 heavy (non-hydrogen) atoms. The lowest BCUT2D eigenvalue weighted by atomic mass is 9.52. The zero-order chi connectivity index (χ0) is 33.1. The Morgan fingerprint density at radius 3 is 1.52 bits per heavy atom. The van der Waals surface area contributed by atoms with Crippen molar-refractivity contribution >= 4 is 27.0 Å². The molecule has 3 aromatic rings. The van der Waals surface area contributed by atoms with Gasteiger partial charge in [-0.3, -0.25) is 4.79 Å². The van der Waals surface area contributed by atoms with Gasteiger partial charge in [0.25, 0.3) is 0 Å². The number of halogens is 4. The predicted molar refractivity (Wildman–Crippen MR) is 166 cm³/mol. The van der Waals surface area contributed by atoms with E-state index >= 15 is 0 Å². The van der Waals surface area contributed by atoms with Crippen molar-refractivity contribution in [1.82, 2.24) is 0 Å². The van der Waals surface area contributed by atoms with Crippen LogP contribution in [0.3, 0.4) is 0 Å². The predicted octanol–water partition coefficient (Wildman–Crippen LogP) is 8.33. The first-order valence-electron chi connectivity index (χ1n) is 15.6. The van der Waals surface area contributed by atoms with E-state index in [4.69, 9.17) is 4.74 Å². The summed E-state index contributed by atoms with van der Waals surface area (Å²) >= 11 is 0. The van der Waals surface area contributed by atoms with Crippen LogP contribution in [0.2, 0.25) is 0 Å². The molecule has 5 nitrogen and oxygen atoms in total. The van der Waals surface area contributed by atoms with Crippen LogP contribution in [0.1, 0.15) is 51.9 Å². The monoisotopic (exact) mass is 678 g/mol. The molecular weight excluding hydrogens is 641 g/mol. The maximum absolute atomic E-state index is 14.2. The fraction of sp³-hybridized carbons (Fsp3) is 0.457. The molecule has 4 saturated carbocycles. The zero-order valence-corrected chi connectivity index (χ0v) is 27.1. The van der Waals surface area contributed by atoms with Gasteiger partial charge in [-0.1, -0.05) is 67.9 Å². The van der Waals surface area contributed by atoms with Gasteiger partial charge in [-0.25, -0.2) is 8.42 Å². The number of ether oxygens (including phenoxy) is 1. The first kappa shape index (κ1) is 34.4. The minimum atomic E-state index is -6.63. The fourth-order valence-corrected chi connectivity index (χ4v) is 10.1. The summed E-state index contributed by atoms with van der Waals surface area (Å²) < 4.78 is 92.5. The molecule has 0 aromatic heterocycles. The van der Waals surface area contributed by atoms with Crippen molar-refractivity contribution < 1.29 is 40.1 Å². The summed E-state index contributed by atoms with van der Waals surface area (Å²) in [6.45, 7) is 1.41. The number of hydrogen-bond acceptors (Lipinski definition) is 5. The van der Waals surface area contributed by atoms with E-state index in [9.17, 15) is 35.3 Å². The minimum Gasteiger partial charge on any atom is -0.743 e. The van der Waals surface area contributed by atoms with Crippen LogP contribution in [0.25, 0.3) is 0 Å². The highest BCUT2D eigenvalue weighted by atomic mass is 32.2. The molecule has 4 aliphatic carbocycles. The van der Waals surface area contributed by atoms with Crippen molar-refractivity contribution in [3.05, 3.63) is 91.0 Å².